The largest absolute Gasteiger partial charge is 0.354 e. The molecule has 0 saturated heterocycles. The van der Waals surface area contributed by atoms with Crippen molar-refractivity contribution in [2.24, 2.45) is 11.8 Å². The number of hydrogen-bond donors (Lipinski definition) is 1. The normalized spacial score (nSPS) is 12.7. The summed E-state index contributed by atoms with van der Waals surface area (Å²) >= 11 is 0. The Balaban J connectivity index is 2.88. The second-order valence-corrected chi connectivity index (χ2v) is 5.74. The van der Waals surface area contributed by atoms with E-state index in [0.717, 1.165) is 12.7 Å². The van der Waals surface area contributed by atoms with Crippen LogP contribution in [0.15, 0.2) is 18.3 Å². The maximum atomic E-state index is 12.3. The molecule has 0 bridgehead atoms. The van der Waals surface area contributed by atoms with E-state index >= 15 is 0 Å². The van der Waals surface area contributed by atoms with Crippen LogP contribution in [0.4, 0.5) is 0 Å². The van der Waals surface area contributed by atoms with Crippen LogP contribution in [0.3, 0.4) is 0 Å². The average Bonchev–Trinajstić information content (AvgIpc) is 2.80. The van der Waals surface area contributed by atoms with Crippen molar-refractivity contribution in [3.05, 3.63) is 24.0 Å². The van der Waals surface area contributed by atoms with Crippen LogP contribution in [-0.2, 0) is 4.79 Å². The molecule has 1 aromatic rings. The van der Waals surface area contributed by atoms with Gasteiger partial charge in [0.05, 0.1) is 5.69 Å². The third kappa shape index (κ3) is 4.54. The van der Waals surface area contributed by atoms with E-state index in [1.165, 1.54) is 0 Å². The molecule has 0 saturated carbocycles. The van der Waals surface area contributed by atoms with Gasteiger partial charge in [0.1, 0.15) is 6.04 Å². The lowest BCUT2D eigenvalue weighted by Crippen LogP contribution is -2.35. The van der Waals surface area contributed by atoms with E-state index in [-0.39, 0.29) is 11.9 Å². The lowest BCUT2D eigenvalue weighted by Gasteiger charge is -2.22. The molecule has 0 aromatic carbocycles. The van der Waals surface area contributed by atoms with Gasteiger partial charge in [0, 0.05) is 12.7 Å². The molecule has 19 heavy (non-hydrogen) atoms. The predicted molar refractivity (Wildman–Crippen MR) is 76.2 cm³/mol. The van der Waals surface area contributed by atoms with Crippen LogP contribution in [0.25, 0.3) is 0 Å². The summed E-state index contributed by atoms with van der Waals surface area (Å²) in [6, 6.07) is 3.22. The van der Waals surface area contributed by atoms with Crippen molar-refractivity contribution in [2.75, 3.05) is 6.54 Å². The van der Waals surface area contributed by atoms with Crippen molar-refractivity contribution in [1.82, 2.24) is 9.88 Å². The SMILES string of the molecule is CC(C)CNC(=O)C(CC(C)C)n1cccc1C=O. The number of rotatable bonds is 7. The number of hydrogen-bond acceptors (Lipinski definition) is 2. The Morgan fingerprint density at radius 2 is 2.00 bits per heavy atom. The molecule has 1 atom stereocenters. The van der Waals surface area contributed by atoms with Gasteiger partial charge in [-0.05, 0) is 30.4 Å². The molecule has 106 valence electrons. The predicted octanol–water partition coefficient (Wildman–Crippen LogP) is 2.66. The number of carbonyl (C=O) groups is 2. The van der Waals surface area contributed by atoms with Crippen LogP contribution < -0.4 is 5.32 Å². The van der Waals surface area contributed by atoms with Gasteiger partial charge >= 0.3 is 0 Å². The van der Waals surface area contributed by atoms with Gasteiger partial charge in [-0.3, -0.25) is 9.59 Å². The molecule has 1 unspecified atom stereocenters. The second-order valence-electron chi connectivity index (χ2n) is 5.74. The molecule has 1 rings (SSSR count). The number of aldehydes is 1. The summed E-state index contributed by atoms with van der Waals surface area (Å²) in [7, 11) is 0. The van der Waals surface area contributed by atoms with Crippen molar-refractivity contribution in [3.8, 4) is 0 Å². The number of amides is 1. The topological polar surface area (TPSA) is 51.1 Å². The fourth-order valence-corrected chi connectivity index (χ4v) is 2.01. The summed E-state index contributed by atoms with van der Waals surface area (Å²) in [6.45, 7) is 8.93. The summed E-state index contributed by atoms with van der Waals surface area (Å²) in [4.78, 5) is 23.3. The molecule has 1 N–H and O–H groups in total. The Bertz CT molecular complexity index is 422. The molecule has 1 heterocycles. The molecule has 4 nitrogen and oxygen atoms in total. The van der Waals surface area contributed by atoms with Crippen LogP contribution in [0.2, 0.25) is 0 Å². The summed E-state index contributed by atoms with van der Waals surface area (Å²) in [5.74, 6) is 0.789. The zero-order valence-electron chi connectivity index (χ0n) is 12.2. The van der Waals surface area contributed by atoms with Gasteiger partial charge in [-0.15, -0.1) is 0 Å². The van der Waals surface area contributed by atoms with E-state index in [1.807, 2.05) is 0 Å². The quantitative estimate of drug-likeness (QED) is 0.770. The van der Waals surface area contributed by atoms with E-state index in [1.54, 1.807) is 22.9 Å². The molecule has 0 radical (unpaired) electrons. The van der Waals surface area contributed by atoms with Crippen LogP contribution in [0, 0.1) is 11.8 Å². The molecule has 4 heteroatoms. The maximum Gasteiger partial charge on any atom is 0.243 e. The van der Waals surface area contributed by atoms with Crippen LogP contribution >= 0.6 is 0 Å². The van der Waals surface area contributed by atoms with Crippen LogP contribution in [-0.4, -0.2) is 23.3 Å². The lowest BCUT2D eigenvalue weighted by molar-refractivity contribution is -0.125. The first-order valence-electron chi connectivity index (χ1n) is 6.85. The van der Waals surface area contributed by atoms with E-state index in [2.05, 4.69) is 33.0 Å². The average molecular weight is 264 g/mol. The maximum absolute atomic E-state index is 12.3. The van der Waals surface area contributed by atoms with Crippen molar-refractivity contribution in [3.63, 3.8) is 0 Å². The van der Waals surface area contributed by atoms with Gasteiger partial charge < -0.3 is 9.88 Å². The molecule has 0 spiro atoms. The minimum absolute atomic E-state index is 0.0123. The highest BCUT2D eigenvalue weighted by Gasteiger charge is 2.22. The second kappa shape index (κ2) is 7.12. The molecule has 1 aromatic heterocycles. The number of nitrogens with zero attached hydrogens (tertiary/aromatic N) is 1. The van der Waals surface area contributed by atoms with Crippen molar-refractivity contribution in [1.29, 1.82) is 0 Å². The zero-order valence-corrected chi connectivity index (χ0v) is 12.2. The van der Waals surface area contributed by atoms with Gasteiger partial charge in [-0.2, -0.15) is 0 Å². The Kier molecular flexibility index (Phi) is 5.80. The van der Waals surface area contributed by atoms with E-state index in [4.69, 9.17) is 0 Å². The van der Waals surface area contributed by atoms with Gasteiger partial charge in [0.25, 0.3) is 0 Å². The smallest absolute Gasteiger partial charge is 0.243 e. The van der Waals surface area contributed by atoms with Crippen molar-refractivity contribution in [2.45, 2.75) is 40.2 Å². The highest BCUT2D eigenvalue weighted by Crippen LogP contribution is 2.20. The Labute approximate surface area is 115 Å². The monoisotopic (exact) mass is 264 g/mol. The molecule has 0 aliphatic carbocycles. The molecule has 0 aliphatic rings. The summed E-state index contributed by atoms with van der Waals surface area (Å²) < 4.78 is 1.77. The van der Waals surface area contributed by atoms with Gasteiger partial charge in [-0.25, -0.2) is 0 Å². The highest BCUT2D eigenvalue weighted by molar-refractivity contribution is 5.82. The van der Waals surface area contributed by atoms with E-state index in [0.29, 0.717) is 24.1 Å². The third-order valence-electron chi connectivity index (χ3n) is 2.95. The van der Waals surface area contributed by atoms with Crippen LogP contribution in [0.5, 0.6) is 0 Å². The zero-order chi connectivity index (χ0) is 14.4. The number of nitrogens with one attached hydrogen (secondary N) is 1. The summed E-state index contributed by atoms with van der Waals surface area (Å²) in [5.41, 5.74) is 0.547. The minimum Gasteiger partial charge on any atom is -0.354 e. The summed E-state index contributed by atoms with van der Waals surface area (Å²) in [5, 5.41) is 2.95. The highest BCUT2D eigenvalue weighted by atomic mass is 16.2. The van der Waals surface area contributed by atoms with E-state index < -0.39 is 0 Å². The summed E-state index contributed by atoms with van der Waals surface area (Å²) in [6.07, 6.45) is 3.31. The molecular formula is C15H24N2O2. The molecular weight excluding hydrogens is 240 g/mol. The number of carbonyl (C=O) groups excluding carboxylic acids is 2. The molecule has 1 amide bonds. The van der Waals surface area contributed by atoms with Crippen molar-refractivity contribution < 1.29 is 9.59 Å². The minimum atomic E-state index is -0.311. The fourth-order valence-electron chi connectivity index (χ4n) is 2.01. The Morgan fingerprint density at radius 3 is 2.53 bits per heavy atom. The van der Waals surface area contributed by atoms with E-state index in [9.17, 15) is 9.59 Å². The van der Waals surface area contributed by atoms with Gasteiger partial charge in [-0.1, -0.05) is 27.7 Å². The van der Waals surface area contributed by atoms with Crippen molar-refractivity contribution >= 4 is 12.2 Å². The van der Waals surface area contributed by atoms with Crippen LogP contribution in [0.1, 0.15) is 50.6 Å². The van der Waals surface area contributed by atoms with Gasteiger partial charge in [0.2, 0.25) is 5.91 Å². The fraction of sp³-hybridized carbons (Fsp3) is 0.600. The standard InChI is InChI=1S/C15H24N2O2/c1-11(2)8-14(15(19)16-9-12(3)4)17-7-5-6-13(17)10-18/h5-7,10-12,14H,8-9H2,1-4H3,(H,16,19). The number of aromatic nitrogens is 1. The first-order valence-corrected chi connectivity index (χ1v) is 6.85. The molecule has 0 aliphatic heterocycles. The Morgan fingerprint density at radius 1 is 1.32 bits per heavy atom. The first-order chi connectivity index (χ1) is 8.95. The van der Waals surface area contributed by atoms with Gasteiger partial charge in [0.15, 0.2) is 6.29 Å². The molecule has 0 fully saturated rings. The first kappa shape index (κ1) is 15.5. The lowest BCUT2D eigenvalue weighted by atomic mass is 10.0. The Hall–Kier alpha value is -1.58. The third-order valence-corrected chi connectivity index (χ3v) is 2.95.